The van der Waals surface area contributed by atoms with Crippen molar-refractivity contribution in [3.05, 3.63) is 77.4 Å². The average molecular weight is 322 g/mol. The summed E-state index contributed by atoms with van der Waals surface area (Å²) in [6.07, 6.45) is 3.26. The Balaban J connectivity index is 1.72. The Kier molecular flexibility index (Phi) is 3.76. The molecule has 5 heteroatoms. The number of hydrogen-bond donors (Lipinski definition) is 1. The molecule has 4 nitrogen and oxygen atoms in total. The third-order valence-corrected chi connectivity index (χ3v) is 4.69. The van der Waals surface area contributed by atoms with E-state index in [0.717, 1.165) is 12.8 Å². The van der Waals surface area contributed by atoms with E-state index in [2.05, 4.69) is 46.6 Å². The minimum atomic E-state index is -0.203. The molecule has 2 atom stereocenters. The number of fused-ring (bicyclic) bond motifs is 1. The van der Waals surface area contributed by atoms with Gasteiger partial charge in [0.2, 0.25) is 5.95 Å². The molecule has 0 aliphatic carbocycles. The SMILES string of the molecule is CCc1ccc(C2CC(c3ccccc3F)n3ncnc3N2)cc1. The summed E-state index contributed by atoms with van der Waals surface area (Å²) in [5.74, 6) is 0.477. The van der Waals surface area contributed by atoms with Crippen molar-refractivity contribution in [3.8, 4) is 0 Å². The Morgan fingerprint density at radius 2 is 1.96 bits per heavy atom. The number of anilines is 1. The predicted octanol–water partition coefficient (Wildman–Crippen LogP) is 4.13. The molecular weight excluding hydrogens is 303 g/mol. The van der Waals surface area contributed by atoms with Crippen molar-refractivity contribution in [2.24, 2.45) is 0 Å². The standard InChI is InChI=1S/C19H19FN4/c1-2-13-7-9-14(10-8-13)17-11-18(15-5-3-4-6-16(15)20)24-19(23-17)21-12-22-24/h3-10,12,17-18H,2,11H2,1H3,(H,21,22,23). The second kappa shape index (κ2) is 6.07. The first kappa shape index (κ1) is 14.9. The lowest BCUT2D eigenvalue weighted by molar-refractivity contribution is 0.416. The van der Waals surface area contributed by atoms with Crippen molar-refractivity contribution in [2.45, 2.75) is 31.8 Å². The van der Waals surface area contributed by atoms with Crippen molar-refractivity contribution in [1.82, 2.24) is 14.8 Å². The zero-order chi connectivity index (χ0) is 16.5. The third kappa shape index (κ3) is 2.56. The molecule has 122 valence electrons. The van der Waals surface area contributed by atoms with Gasteiger partial charge < -0.3 is 5.32 Å². The molecule has 0 saturated heterocycles. The summed E-state index contributed by atoms with van der Waals surface area (Å²) in [5.41, 5.74) is 3.15. The van der Waals surface area contributed by atoms with Gasteiger partial charge in [-0.2, -0.15) is 10.1 Å². The molecule has 1 N–H and O–H groups in total. The van der Waals surface area contributed by atoms with Crippen LogP contribution in [-0.4, -0.2) is 14.8 Å². The van der Waals surface area contributed by atoms with E-state index in [0.29, 0.717) is 11.5 Å². The highest BCUT2D eigenvalue weighted by Gasteiger charge is 2.31. The Morgan fingerprint density at radius 1 is 1.17 bits per heavy atom. The molecule has 3 aromatic rings. The zero-order valence-corrected chi connectivity index (χ0v) is 13.5. The van der Waals surface area contributed by atoms with Gasteiger partial charge in [-0.25, -0.2) is 9.07 Å². The number of rotatable bonds is 3. The smallest absolute Gasteiger partial charge is 0.222 e. The predicted molar refractivity (Wildman–Crippen MR) is 91.4 cm³/mol. The van der Waals surface area contributed by atoms with Crippen LogP contribution in [0.2, 0.25) is 0 Å². The van der Waals surface area contributed by atoms with Crippen LogP contribution in [0.4, 0.5) is 10.3 Å². The van der Waals surface area contributed by atoms with Gasteiger partial charge in [0.1, 0.15) is 12.1 Å². The van der Waals surface area contributed by atoms with Crippen LogP contribution in [0.25, 0.3) is 0 Å². The molecule has 1 aromatic heterocycles. The van der Waals surface area contributed by atoms with E-state index < -0.39 is 0 Å². The first-order chi connectivity index (χ1) is 11.8. The maximum Gasteiger partial charge on any atom is 0.222 e. The molecule has 2 unspecified atom stereocenters. The normalized spacial score (nSPS) is 19.6. The molecule has 1 aliphatic rings. The topological polar surface area (TPSA) is 42.7 Å². The van der Waals surface area contributed by atoms with Gasteiger partial charge in [0.25, 0.3) is 0 Å². The lowest BCUT2D eigenvalue weighted by Crippen LogP contribution is -2.28. The second-order valence-corrected chi connectivity index (χ2v) is 6.09. The van der Waals surface area contributed by atoms with Gasteiger partial charge in [-0.15, -0.1) is 0 Å². The summed E-state index contributed by atoms with van der Waals surface area (Å²) in [6, 6.07) is 15.4. The first-order valence-electron chi connectivity index (χ1n) is 8.25. The monoisotopic (exact) mass is 322 g/mol. The second-order valence-electron chi connectivity index (χ2n) is 6.09. The van der Waals surface area contributed by atoms with Crippen molar-refractivity contribution >= 4 is 5.95 Å². The number of benzene rings is 2. The Bertz CT molecular complexity index is 841. The summed E-state index contributed by atoms with van der Waals surface area (Å²) < 4.78 is 16.1. The van der Waals surface area contributed by atoms with Gasteiger partial charge in [-0.05, 0) is 30.0 Å². The van der Waals surface area contributed by atoms with E-state index in [4.69, 9.17) is 0 Å². The van der Waals surface area contributed by atoms with Crippen molar-refractivity contribution in [2.75, 3.05) is 5.32 Å². The van der Waals surface area contributed by atoms with Gasteiger partial charge in [0, 0.05) is 5.56 Å². The molecular formula is C19H19FN4. The largest absolute Gasteiger partial charge is 0.348 e. The number of halogens is 1. The number of nitrogens with one attached hydrogen (secondary N) is 1. The Hall–Kier alpha value is -2.69. The average Bonchev–Trinajstić information content (AvgIpc) is 3.10. The van der Waals surface area contributed by atoms with E-state index in [-0.39, 0.29) is 17.9 Å². The molecule has 4 rings (SSSR count). The maximum absolute atomic E-state index is 14.3. The van der Waals surface area contributed by atoms with E-state index in [1.807, 2.05) is 12.1 Å². The lowest BCUT2D eigenvalue weighted by Gasteiger charge is -2.32. The molecule has 0 saturated carbocycles. The minimum Gasteiger partial charge on any atom is -0.348 e. The molecule has 0 amide bonds. The van der Waals surface area contributed by atoms with Gasteiger partial charge in [0.05, 0.1) is 12.1 Å². The van der Waals surface area contributed by atoms with Crippen molar-refractivity contribution in [1.29, 1.82) is 0 Å². The van der Waals surface area contributed by atoms with Crippen molar-refractivity contribution in [3.63, 3.8) is 0 Å². The minimum absolute atomic E-state index is 0.0808. The molecule has 2 heterocycles. The number of hydrogen-bond acceptors (Lipinski definition) is 3. The van der Waals surface area contributed by atoms with Crippen LogP contribution in [0.15, 0.2) is 54.9 Å². The number of aromatic nitrogens is 3. The van der Waals surface area contributed by atoms with Crippen LogP contribution < -0.4 is 5.32 Å². The summed E-state index contributed by atoms with van der Waals surface area (Å²) in [7, 11) is 0. The van der Waals surface area contributed by atoms with Crippen LogP contribution in [-0.2, 0) is 6.42 Å². The lowest BCUT2D eigenvalue weighted by atomic mass is 9.92. The summed E-state index contributed by atoms with van der Waals surface area (Å²) >= 11 is 0. The highest BCUT2D eigenvalue weighted by Crippen LogP contribution is 2.38. The fourth-order valence-corrected chi connectivity index (χ4v) is 3.33. The summed E-state index contributed by atoms with van der Waals surface area (Å²) in [6.45, 7) is 2.14. The van der Waals surface area contributed by atoms with Crippen LogP contribution in [0.3, 0.4) is 0 Å². The maximum atomic E-state index is 14.3. The fourth-order valence-electron chi connectivity index (χ4n) is 3.33. The van der Waals surface area contributed by atoms with E-state index in [1.54, 1.807) is 10.7 Å². The number of aryl methyl sites for hydroxylation is 1. The van der Waals surface area contributed by atoms with E-state index >= 15 is 0 Å². The molecule has 0 radical (unpaired) electrons. The highest BCUT2D eigenvalue weighted by atomic mass is 19.1. The summed E-state index contributed by atoms with van der Waals surface area (Å²) in [4.78, 5) is 4.29. The van der Waals surface area contributed by atoms with Gasteiger partial charge in [0.15, 0.2) is 0 Å². The molecule has 0 bridgehead atoms. The number of nitrogens with zero attached hydrogens (tertiary/aromatic N) is 3. The Morgan fingerprint density at radius 3 is 2.71 bits per heavy atom. The van der Waals surface area contributed by atoms with Crippen LogP contribution in [0.1, 0.15) is 42.1 Å². The van der Waals surface area contributed by atoms with E-state index in [1.165, 1.54) is 23.5 Å². The summed E-state index contributed by atoms with van der Waals surface area (Å²) in [5, 5.41) is 7.70. The van der Waals surface area contributed by atoms with Gasteiger partial charge >= 0.3 is 0 Å². The molecule has 0 spiro atoms. The first-order valence-corrected chi connectivity index (χ1v) is 8.25. The molecule has 1 aliphatic heterocycles. The quantitative estimate of drug-likeness (QED) is 0.788. The van der Waals surface area contributed by atoms with Crippen LogP contribution in [0.5, 0.6) is 0 Å². The van der Waals surface area contributed by atoms with E-state index in [9.17, 15) is 4.39 Å². The third-order valence-electron chi connectivity index (χ3n) is 4.69. The Labute approximate surface area is 140 Å². The zero-order valence-electron chi connectivity index (χ0n) is 13.5. The van der Waals surface area contributed by atoms with Gasteiger partial charge in [-0.1, -0.05) is 49.4 Å². The fraction of sp³-hybridized carbons (Fsp3) is 0.263. The van der Waals surface area contributed by atoms with Crippen molar-refractivity contribution < 1.29 is 4.39 Å². The van der Waals surface area contributed by atoms with Gasteiger partial charge in [-0.3, -0.25) is 0 Å². The van der Waals surface area contributed by atoms with Crippen LogP contribution in [0, 0.1) is 5.82 Å². The molecule has 0 fully saturated rings. The highest BCUT2D eigenvalue weighted by molar-refractivity contribution is 5.39. The molecule has 24 heavy (non-hydrogen) atoms. The van der Waals surface area contributed by atoms with Crippen LogP contribution >= 0.6 is 0 Å². The molecule has 2 aromatic carbocycles.